The van der Waals surface area contributed by atoms with Crippen molar-refractivity contribution in [3.8, 4) is 0 Å². The molecule has 0 aliphatic heterocycles. The molecule has 3 rings (SSSR count). The molecule has 0 bridgehead atoms. The summed E-state index contributed by atoms with van der Waals surface area (Å²) in [4.78, 5) is 23.9. The molecule has 3 aromatic rings. The number of carbonyl (C=O) groups excluding carboxylic acids is 2. The summed E-state index contributed by atoms with van der Waals surface area (Å²) in [5.41, 5.74) is 4.15. The molecule has 176 valence electrons. The Kier molecular flexibility index (Phi) is 7.75. The first-order valence-electron chi connectivity index (χ1n) is 10.2. The number of hydrazone groups is 1. The largest absolute Gasteiger partial charge is 0.326 e. The third-order valence-electron chi connectivity index (χ3n) is 4.68. The van der Waals surface area contributed by atoms with Crippen molar-refractivity contribution in [1.82, 2.24) is 5.43 Å². The number of benzene rings is 3. The first-order chi connectivity index (χ1) is 16.2. The molecule has 0 saturated heterocycles. The van der Waals surface area contributed by atoms with Crippen LogP contribution in [0.1, 0.15) is 19.4 Å². The summed E-state index contributed by atoms with van der Waals surface area (Å²) >= 11 is 0. The maximum Gasteiger partial charge on any atom is 0.264 e. The second-order valence-corrected chi connectivity index (χ2v) is 9.16. The van der Waals surface area contributed by atoms with Crippen LogP contribution in [0.2, 0.25) is 0 Å². The normalized spacial score (nSPS) is 11.6. The van der Waals surface area contributed by atoms with Gasteiger partial charge in [0, 0.05) is 12.6 Å². The lowest BCUT2D eigenvalue weighted by atomic mass is 10.1. The van der Waals surface area contributed by atoms with Gasteiger partial charge in [-0.15, -0.1) is 0 Å². The molecule has 2 amide bonds. The highest BCUT2D eigenvalue weighted by molar-refractivity contribution is 7.92. The summed E-state index contributed by atoms with van der Waals surface area (Å²) in [5.74, 6) is -1.45. The van der Waals surface area contributed by atoms with Crippen LogP contribution in [0, 0.1) is 5.82 Å². The van der Waals surface area contributed by atoms with Crippen LogP contribution in [0.15, 0.2) is 88.9 Å². The Morgan fingerprint density at radius 1 is 0.941 bits per heavy atom. The summed E-state index contributed by atoms with van der Waals surface area (Å²) < 4.78 is 40.7. The lowest BCUT2D eigenvalue weighted by Gasteiger charge is -2.23. The molecule has 3 aromatic carbocycles. The molecular weight excluding hydrogens is 459 g/mol. The fourth-order valence-corrected chi connectivity index (χ4v) is 4.49. The van der Waals surface area contributed by atoms with Crippen LogP contribution in [0.3, 0.4) is 0 Å². The van der Waals surface area contributed by atoms with Crippen LogP contribution in [0.4, 0.5) is 15.8 Å². The minimum absolute atomic E-state index is 0.0124. The van der Waals surface area contributed by atoms with Crippen molar-refractivity contribution in [2.24, 2.45) is 5.10 Å². The van der Waals surface area contributed by atoms with E-state index in [0.29, 0.717) is 17.0 Å². The van der Waals surface area contributed by atoms with Gasteiger partial charge in [-0.05, 0) is 61.0 Å². The van der Waals surface area contributed by atoms with E-state index in [2.05, 4.69) is 15.8 Å². The van der Waals surface area contributed by atoms with E-state index in [1.807, 2.05) is 0 Å². The number of amides is 2. The number of sulfonamides is 1. The molecule has 0 spiro atoms. The van der Waals surface area contributed by atoms with Gasteiger partial charge in [0.2, 0.25) is 5.91 Å². The molecule has 0 radical (unpaired) electrons. The second-order valence-electron chi connectivity index (χ2n) is 7.30. The van der Waals surface area contributed by atoms with Crippen molar-refractivity contribution < 1.29 is 22.4 Å². The van der Waals surface area contributed by atoms with Crippen molar-refractivity contribution >= 4 is 38.9 Å². The number of anilines is 2. The van der Waals surface area contributed by atoms with Crippen LogP contribution in [0.25, 0.3) is 0 Å². The van der Waals surface area contributed by atoms with Gasteiger partial charge in [0.25, 0.3) is 15.9 Å². The average Bonchev–Trinajstić information content (AvgIpc) is 2.82. The van der Waals surface area contributed by atoms with Gasteiger partial charge in [-0.2, -0.15) is 5.10 Å². The number of rotatable bonds is 8. The van der Waals surface area contributed by atoms with Crippen molar-refractivity contribution in [2.75, 3.05) is 16.2 Å². The Labute approximate surface area is 197 Å². The van der Waals surface area contributed by atoms with Crippen molar-refractivity contribution in [2.45, 2.75) is 18.7 Å². The zero-order chi connectivity index (χ0) is 24.7. The molecule has 0 atom stereocenters. The number of hydrogen-bond acceptors (Lipinski definition) is 5. The van der Waals surface area contributed by atoms with Gasteiger partial charge in [0.1, 0.15) is 12.4 Å². The highest BCUT2D eigenvalue weighted by Gasteiger charge is 2.27. The van der Waals surface area contributed by atoms with E-state index in [0.717, 1.165) is 16.4 Å². The quantitative estimate of drug-likeness (QED) is 0.378. The second kappa shape index (κ2) is 10.7. The maximum atomic E-state index is 13.4. The van der Waals surface area contributed by atoms with E-state index < -0.39 is 28.3 Å². The summed E-state index contributed by atoms with van der Waals surface area (Å²) in [5, 5.41) is 6.72. The Morgan fingerprint density at radius 3 is 2.26 bits per heavy atom. The number of nitrogens with zero attached hydrogens (tertiary/aromatic N) is 2. The fraction of sp³-hybridized carbons (Fsp3) is 0.125. The third-order valence-corrected chi connectivity index (χ3v) is 6.47. The van der Waals surface area contributed by atoms with Crippen LogP contribution in [-0.4, -0.2) is 32.5 Å². The van der Waals surface area contributed by atoms with E-state index in [-0.39, 0.29) is 16.5 Å². The minimum atomic E-state index is -4.11. The van der Waals surface area contributed by atoms with Crippen LogP contribution >= 0.6 is 0 Å². The molecule has 2 N–H and O–H groups in total. The van der Waals surface area contributed by atoms with Gasteiger partial charge in [-0.1, -0.05) is 30.3 Å². The van der Waals surface area contributed by atoms with Gasteiger partial charge < -0.3 is 5.32 Å². The SMILES string of the molecule is CC(=O)Nc1cccc(/C(C)=N\NC(=O)CN(c2ccc(F)cc2)S(=O)(=O)c2ccccc2)c1. The first kappa shape index (κ1) is 24.6. The zero-order valence-corrected chi connectivity index (χ0v) is 19.3. The van der Waals surface area contributed by atoms with E-state index >= 15 is 0 Å². The molecule has 0 unspecified atom stereocenters. The number of carbonyl (C=O) groups is 2. The fourth-order valence-electron chi connectivity index (χ4n) is 3.04. The summed E-state index contributed by atoms with van der Waals surface area (Å²) in [6.07, 6.45) is 0. The van der Waals surface area contributed by atoms with Gasteiger partial charge in [-0.25, -0.2) is 18.2 Å². The van der Waals surface area contributed by atoms with Gasteiger partial charge >= 0.3 is 0 Å². The topological polar surface area (TPSA) is 108 Å². The van der Waals surface area contributed by atoms with Gasteiger partial charge in [0.05, 0.1) is 16.3 Å². The Morgan fingerprint density at radius 2 is 1.62 bits per heavy atom. The monoisotopic (exact) mass is 482 g/mol. The van der Waals surface area contributed by atoms with Crippen LogP contribution < -0.4 is 15.0 Å². The van der Waals surface area contributed by atoms with Crippen molar-refractivity contribution in [3.05, 3.63) is 90.2 Å². The molecule has 10 heteroatoms. The third kappa shape index (κ3) is 6.26. The molecule has 0 aliphatic rings. The van der Waals surface area contributed by atoms with E-state index in [9.17, 15) is 22.4 Å². The number of halogens is 1. The van der Waals surface area contributed by atoms with Gasteiger partial charge in [0.15, 0.2) is 0 Å². The Bertz CT molecular complexity index is 1310. The standard InChI is InChI=1S/C24H23FN4O4S/c1-17(19-7-6-8-21(15-19)26-18(2)30)27-28-24(31)16-29(22-13-11-20(25)12-14-22)34(32,33)23-9-4-3-5-10-23/h3-15H,16H2,1-2H3,(H,26,30)(H,28,31)/b27-17-. The molecule has 0 aromatic heterocycles. The van der Waals surface area contributed by atoms with Crippen molar-refractivity contribution in [3.63, 3.8) is 0 Å². The smallest absolute Gasteiger partial charge is 0.264 e. The Balaban J connectivity index is 1.82. The first-order valence-corrected chi connectivity index (χ1v) is 11.7. The number of hydrogen-bond donors (Lipinski definition) is 2. The summed E-state index contributed by atoms with van der Waals surface area (Å²) in [7, 11) is -4.11. The molecule has 8 nitrogen and oxygen atoms in total. The van der Waals surface area contributed by atoms with E-state index in [1.165, 1.54) is 31.2 Å². The summed E-state index contributed by atoms with van der Waals surface area (Å²) in [6, 6.07) is 19.3. The lowest BCUT2D eigenvalue weighted by molar-refractivity contribution is -0.119. The molecule has 34 heavy (non-hydrogen) atoms. The predicted molar refractivity (Wildman–Crippen MR) is 128 cm³/mol. The van der Waals surface area contributed by atoms with E-state index in [4.69, 9.17) is 0 Å². The van der Waals surface area contributed by atoms with Gasteiger partial charge in [-0.3, -0.25) is 13.9 Å². The minimum Gasteiger partial charge on any atom is -0.326 e. The molecule has 0 heterocycles. The van der Waals surface area contributed by atoms with E-state index in [1.54, 1.807) is 49.4 Å². The zero-order valence-electron chi connectivity index (χ0n) is 18.5. The van der Waals surface area contributed by atoms with Crippen molar-refractivity contribution in [1.29, 1.82) is 0 Å². The molecule has 0 saturated carbocycles. The van der Waals surface area contributed by atoms with Crippen LogP contribution in [-0.2, 0) is 19.6 Å². The Hall–Kier alpha value is -4.05. The van der Waals surface area contributed by atoms with Crippen LogP contribution in [0.5, 0.6) is 0 Å². The average molecular weight is 483 g/mol. The maximum absolute atomic E-state index is 13.4. The highest BCUT2D eigenvalue weighted by Crippen LogP contribution is 2.23. The molecular formula is C24H23FN4O4S. The number of nitrogens with one attached hydrogen (secondary N) is 2. The molecule has 0 aliphatic carbocycles. The molecule has 0 fully saturated rings. The lowest BCUT2D eigenvalue weighted by Crippen LogP contribution is -2.39. The summed E-state index contributed by atoms with van der Waals surface area (Å²) in [6.45, 7) is 2.47. The highest BCUT2D eigenvalue weighted by atomic mass is 32.2. The predicted octanol–water partition coefficient (Wildman–Crippen LogP) is 3.52.